The van der Waals surface area contributed by atoms with Crippen LogP contribution < -0.4 is 11.1 Å². The third-order valence-corrected chi connectivity index (χ3v) is 3.90. The molecule has 148 valence electrons. The number of benzene rings is 3. The number of nitrogen functional groups attached to an aromatic ring is 1. The highest BCUT2D eigenvalue weighted by Gasteiger charge is 2.07. The third-order valence-electron chi connectivity index (χ3n) is 3.90. The van der Waals surface area contributed by atoms with Gasteiger partial charge in [-0.3, -0.25) is 9.59 Å². The number of nitrogens with two attached hydrogens (primary N) is 1. The van der Waals surface area contributed by atoms with Gasteiger partial charge in [-0.1, -0.05) is 36.4 Å². The largest absolute Gasteiger partial charge is 0.478 e. The van der Waals surface area contributed by atoms with Gasteiger partial charge in [0.05, 0.1) is 23.5 Å². The lowest BCUT2D eigenvalue weighted by Crippen LogP contribution is -2.13. The molecule has 0 fully saturated rings. The number of carbonyl (C=O) groups is 3. The van der Waals surface area contributed by atoms with Gasteiger partial charge in [0.1, 0.15) is 6.29 Å². The Morgan fingerprint density at radius 3 is 2.00 bits per heavy atom. The van der Waals surface area contributed by atoms with Gasteiger partial charge in [0.15, 0.2) is 0 Å². The average molecular weight is 392 g/mol. The number of aliphatic hydroxyl groups is 1. The van der Waals surface area contributed by atoms with Crippen molar-refractivity contribution >= 4 is 29.5 Å². The van der Waals surface area contributed by atoms with Gasteiger partial charge in [-0.05, 0) is 42.0 Å². The van der Waals surface area contributed by atoms with Crippen molar-refractivity contribution in [2.24, 2.45) is 0 Å². The lowest BCUT2D eigenvalue weighted by Gasteiger charge is -2.08. The van der Waals surface area contributed by atoms with Gasteiger partial charge in [0.2, 0.25) is 0 Å². The average Bonchev–Trinajstić information content (AvgIpc) is 2.76. The first-order valence-corrected chi connectivity index (χ1v) is 8.58. The first-order chi connectivity index (χ1) is 13.9. The van der Waals surface area contributed by atoms with E-state index in [0.29, 0.717) is 28.8 Å². The van der Waals surface area contributed by atoms with E-state index in [9.17, 15) is 14.4 Å². The Morgan fingerprint density at radius 1 is 0.897 bits per heavy atom. The standard InChI is InChI=1S/C14H14N2O2.C8H6O3/c15-12-3-1-2-4-13(12)16-14(18)11-7-5-10(9-17)6-8-11;9-5-6-1-3-7(4-2-6)8(10)11/h1-8,17H,9,15H2,(H,16,18);1-5H,(H,10,11). The Morgan fingerprint density at radius 2 is 1.48 bits per heavy atom. The molecule has 0 radical (unpaired) electrons. The van der Waals surface area contributed by atoms with Gasteiger partial charge < -0.3 is 21.3 Å². The van der Waals surface area contributed by atoms with Gasteiger partial charge in [-0.15, -0.1) is 0 Å². The number of carboxylic acids is 1. The summed E-state index contributed by atoms with van der Waals surface area (Å²) in [6, 6.07) is 19.6. The number of nitrogens with one attached hydrogen (secondary N) is 1. The monoisotopic (exact) mass is 392 g/mol. The molecule has 0 atom stereocenters. The second-order valence-corrected chi connectivity index (χ2v) is 5.94. The van der Waals surface area contributed by atoms with Crippen LogP contribution in [0.5, 0.6) is 0 Å². The van der Waals surface area contributed by atoms with Gasteiger partial charge in [-0.2, -0.15) is 0 Å². The maximum absolute atomic E-state index is 11.9. The Labute approximate surface area is 167 Å². The van der Waals surface area contributed by atoms with Gasteiger partial charge in [0, 0.05) is 11.1 Å². The molecule has 29 heavy (non-hydrogen) atoms. The number of aromatic carboxylic acids is 1. The summed E-state index contributed by atoms with van der Waals surface area (Å²) in [4.78, 5) is 32.4. The molecule has 0 spiro atoms. The molecular formula is C22H20N2O5. The minimum absolute atomic E-state index is 0.0342. The van der Waals surface area contributed by atoms with Gasteiger partial charge in [-0.25, -0.2) is 4.79 Å². The van der Waals surface area contributed by atoms with Crippen LogP contribution in [0.25, 0.3) is 0 Å². The highest BCUT2D eigenvalue weighted by atomic mass is 16.4. The quantitative estimate of drug-likeness (QED) is 0.390. The third kappa shape index (κ3) is 6.30. The lowest BCUT2D eigenvalue weighted by atomic mass is 10.1. The van der Waals surface area contributed by atoms with Crippen molar-refractivity contribution in [3.8, 4) is 0 Å². The number of rotatable bonds is 5. The van der Waals surface area contributed by atoms with Crippen LogP contribution in [0.4, 0.5) is 11.4 Å². The van der Waals surface area contributed by atoms with E-state index in [1.54, 1.807) is 48.5 Å². The minimum atomic E-state index is -0.984. The second-order valence-electron chi connectivity index (χ2n) is 5.94. The zero-order valence-electron chi connectivity index (χ0n) is 15.4. The van der Waals surface area contributed by atoms with E-state index in [-0.39, 0.29) is 18.1 Å². The second kappa shape index (κ2) is 10.4. The Hall–Kier alpha value is -3.97. The van der Waals surface area contributed by atoms with E-state index in [1.165, 1.54) is 24.3 Å². The molecule has 3 rings (SSSR count). The molecule has 3 aromatic carbocycles. The van der Waals surface area contributed by atoms with Crippen molar-refractivity contribution in [2.75, 3.05) is 11.1 Å². The maximum Gasteiger partial charge on any atom is 0.335 e. The number of hydrogen-bond donors (Lipinski definition) is 4. The van der Waals surface area contributed by atoms with Gasteiger partial charge >= 0.3 is 5.97 Å². The molecule has 7 nitrogen and oxygen atoms in total. The fourth-order valence-electron chi connectivity index (χ4n) is 2.27. The topological polar surface area (TPSA) is 130 Å². The number of para-hydroxylation sites is 2. The predicted octanol–water partition coefficient (Wildman–Crippen LogP) is 3.21. The number of aliphatic hydroxyl groups excluding tert-OH is 1. The molecule has 0 aliphatic heterocycles. The number of carboxylic acid groups (broad SMARTS) is 1. The summed E-state index contributed by atoms with van der Waals surface area (Å²) in [6.07, 6.45) is 0.672. The molecule has 1 amide bonds. The first-order valence-electron chi connectivity index (χ1n) is 8.58. The highest BCUT2D eigenvalue weighted by molar-refractivity contribution is 6.05. The fraction of sp³-hybridized carbons (Fsp3) is 0.0455. The van der Waals surface area contributed by atoms with E-state index in [4.69, 9.17) is 15.9 Å². The molecule has 3 aromatic rings. The summed E-state index contributed by atoms with van der Waals surface area (Å²) in [7, 11) is 0. The minimum Gasteiger partial charge on any atom is -0.478 e. The fourth-order valence-corrected chi connectivity index (χ4v) is 2.27. The van der Waals surface area contributed by atoms with Crippen LogP contribution >= 0.6 is 0 Å². The summed E-state index contributed by atoms with van der Waals surface area (Å²) < 4.78 is 0. The van der Waals surface area contributed by atoms with E-state index >= 15 is 0 Å². The molecule has 5 N–H and O–H groups in total. The van der Waals surface area contributed by atoms with E-state index in [2.05, 4.69) is 5.32 Å². The molecule has 0 aliphatic carbocycles. The number of hydrogen-bond acceptors (Lipinski definition) is 5. The van der Waals surface area contributed by atoms with Crippen LogP contribution in [0.3, 0.4) is 0 Å². The van der Waals surface area contributed by atoms with E-state index < -0.39 is 5.97 Å². The normalized spacial score (nSPS) is 9.69. The van der Waals surface area contributed by atoms with Crippen molar-refractivity contribution in [3.63, 3.8) is 0 Å². The highest BCUT2D eigenvalue weighted by Crippen LogP contribution is 2.18. The predicted molar refractivity (Wildman–Crippen MR) is 110 cm³/mol. The Balaban J connectivity index is 0.000000234. The van der Waals surface area contributed by atoms with Crippen molar-refractivity contribution in [3.05, 3.63) is 95.1 Å². The van der Waals surface area contributed by atoms with Crippen molar-refractivity contribution in [1.29, 1.82) is 0 Å². The zero-order chi connectivity index (χ0) is 21.2. The van der Waals surface area contributed by atoms with Gasteiger partial charge in [0.25, 0.3) is 5.91 Å². The van der Waals surface area contributed by atoms with Crippen LogP contribution in [0.2, 0.25) is 0 Å². The Kier molecular flexibility index (Phi) is 7.64. The molecule has 0 aromatic heterocycles. The first kappa shape index (κ1) is 21.3. The molecule has 0 saturated heterocycles. The van der Waals surface area contributed by atoms with Crippen LogP contribution in [0, 0.1) is 0 Å². The number of aldehydes is 1. The molecule has 0 saturated carbocycles. The summed E-state index contributed by atoms with van der Waals surface area (Å²) in [5, 5.41) is 20.1. The number of carbonyl (C=O) groups excluding carboxylic acids is 2. The van der Waals surface area contributed by atoms with E-state index in [1.807, 2.05) is 0 Å². The lowest BCUT2D eigenvalue weighted by molar-refractivity contribution is 0.0696. The summed E-state index contributed by atoms with van der Waals surface area (Å²) in [5.74, 6) is -1.21. The smallest absolute Gasteiger partial charge is 0.335 e. The van der Waals surface area contributed by atoms with Crippen LogP contribution in [0.1, 0.15) is 36.6 Å². The summed E-state index contributed by atoms with van der Waals surface area (Å²) in [6.45, 7) is -0.0342. The molecule has 0 bridgehead atoms. The number of anilines is 2. The van der Waals surface area contributed by atoms with Crippen LogP contribution in [0.15, 0.2) is 72.8 Å². The van der Waals surface area contributed by atoms with Crippen LogP contribution in [-0.4, -0.2) is 28.4 Å². The number of amides is 1. The van der Waals surface area contributed by atoms with Crippen molar-refractivity contribution in [1.82, 2.24) is 0 Å². The zero-order valence-corrected chi connectivity index (χ0v) is 15.4. The molecule has 0 aliphatic rings. The maximum atomic E-state index is 11.9. The van der Waals surface area contributed by atoms with E-state index in [0.717, 1.165) is 5.56 Å². The van der Waals surface area contributed by atoms with Crippen molar-refractivity contribution < 1.29 is 24.6 Å². The van der Waals surface area contributed by atoms with Crippen LogP contribution in [-0.2, 0) is 6.61 Å². The molecule has 0 unspecified atom stereocenters. The summed E-state index contributed by atoms with van der Waals surface area (Å²) >= 11 is 0. The molecule has 0 heterocycles. The summed E-state index contributed by atoms with van der Waals surface area (Å²) in [5.41, 5.74) is 8.83. The van der Waals surface area contributed by atoms with Crippen molar-refractivity contribution in [2.45, 2.75) is 6.61 Å². The Bertz CT molecular complexity index is 983. The molecular weight excluding hydrogens is 372 g/mol. The molecule has 7 heteroatoms. The SMILES string of the molecule is Nc1ccccc1NC(=O)c1ccc(CO)cc1.O=Cc1ccc(C(=O)O)cc1.